The van der Waals surface area contributed by atoms with Crippen LogP contribution in [0.3, 0.4) is 0 Å². The Bertz CT molecular complexity index is 363. The van der Waals surface area contributed by atoms with Gasteiger partial charge in [-0.25, -0.2) is 0 Å². The molecule has 1 fully saturated rings. The van der Waals surface area contributed by atoms with Crippen molar-refractivity contribution in [3.63, 3.8) is 0 Å². The summed E-state index contributed by atoms with van der Waals surface area (Å²) in [6.45, 7) is 2.31. The van der Waals surface area contributed by atoms with Crippen LogP contribution in [-0.4, -0.2) is 0 Å². The van der Waals surface area contributed by atoms with Crippen molar-refractivity contribution in [2.45, 2.75) is 37.5 Å². The fourth-order valence-electron chi connectivity index (χ4n) is 3.02. The number of hydrogen-bond acceptors (Lipinski definition) is 1. The molecule has 1 nitrogen and oxygen atoms in total. The molecule has 1 spiro atoms. The van der Waals surface area contributed by atoms with Crippen LogP contribution in [0.1, 0.15) is 43.2 Å². The highest BCUT2D eigenvalue weighted by molar-refractivity contribution is 5.59. The molecule has 0 aromatic heterocycles. The second kappa shape index (κ2) is 2.09. The van der Waals surface area contributed by atoms with Gasteiger partial charge in [0, 0.05) is 5.69 Å². The quantitative estimate of drug-likeness (QED) is 0.600. The summed E-state index contributed by atoms with van der Waals surface area (Å²) in [4.78, 5) is 0. The van der Waals surface area contributed by atoms with E-state index >= 15 is 0 Å². The van der Waals surface area contributed by atoms with E-state index in [1.165, 1.54) is 24.8 Å². The highest BCUT2D eigenvalue weighted by Gasteiger charge is 2.51. The maximum atomic E-state index is 6.01. The third-order valence-electron chi connectivity index (χ3n) is 3.75. The number of nitrogens with two attached hydrogens (primary N) is 1. The van der Waals surface area contributed by atoms with Crippen molar-refractivity contribution in [1.82, 2.24) is 0 Å². The molecule has 1 unspecified atom stereocenters. The molecule has 0 amide bonds. The molecule has 1 aromatic rings. The van der Waals surface area contributed by atoms with Gasteiger partial charge < -0.3 is 5.73 Å². The first kappa shape index (κ1) is 7.43. The van der Waals surface area contributed by atoms with Crippen molar-refractivity contribution in [3.05, 3.63) is 29.3 Å². The zero-order valence-electron chi connectivity index (χ0n) is 8.01. The SMILES string of the molecule is CC1CC2(CC2)c2cccc(N)c21. The van der Waals surface area contributed by atoms with Crippen LogP contribution >= 0.6 is 0 Å². The average molecular weight is 173 g/mol. The first-order chi connectivity index (χ1) is 6.23. The molecule has 0 heterocycles. The molecule has 2 aliphatic rings. The van der Waals surface area contributed by atoms with Crippen LogP contribution in [-0.2, 0) is 5.41 Å². The molecule has 2 N–H and O–H groups in total. The summed E-state index contributed by atoms with van der Waals surface area (Å²) in [6, 6.07) is 6.42. The number of nitrogen functional groups attached to an aromatic ring is 1. The number of fused-ring (bicyclic) bond motifs is 2. The Morgan fingerprint density at radius 3 is 2.85 bits per heavy atom. The van der Waals surface area contributed by atoms with Crippen LogP contribution in [0.15, 0.2) is 18.2 Å². The lowest BCUT2D eigenvalue weighted by molar-refractivity contribution is 0.614. The van der Waals surface area contributed by atoms with Gasteiger partial charge in [-0.1, -0.05) is 19.1 Å². The molecule has 2 aliphatic carbocycles. The summed E-state index contributed by atoms with van der Waals surface area (Å²) >= 11 is 0. The molecule has 3 rings (SSSR count). The molecule has 13 heavy (non-hydrogen) atoms. The number of benzene rings is 1. The van der Waals surface area contributed by atoms with Crippen LogP contribution in [0.4, 0.5) is 5.69 Å². The maximum Gasteiger partial charge on any atom is 0.0352 e. The van der Waals surface area contributed by atoms with Gasteiger partial charge in [0.2, 0.25) is 0 Å². The van der Waals surface area contributed by atoms with Crippen molar-refractivity contribution in [1.29, 1.82) is 0 Å². The minimum Gasteiger partial charge on any atom is -0.398 e. The van der Waals surface area contributed by atoms with Gasteiger partial charge in [-0.3, -0.25) is 0 Å². The van der Waals surface area contributed by atoms with E-state index in [2.05, 4.69) is 19.1 Å². The molecule has 68 valence electrons. The van der Waals surface area contributed by atoms with Crippen molar-refractivity contribution in [2.75, 3.05) is 5.73 Å². The molecule has 0 radical (unpaired) electrons. The first-order valence-electron chi connectivity index (χ1n) is 5.12. The minimum atomic E-state index is 0.560. The lowest BCUT2D eigenvalue weighted by Gasteiger charge is -2.08. The Hall–Kier alpha value is -0.980. The van der Waals surface area contributed by atoms with Crippen LogP contribution in [0, 0.1) is 0 Å². The molecular weight excluding hydrogens is 158 g/mol. The van der Waals surface area contributed by atoms with Crippen LogP contribution in [0.25, 0.3) is 0 Å². The second-order valence-electron chi connectivity index (χ2n) is 4.69. The third-order valence-corrected chi connectivity index (χ3v) is 3.75. The number of anilines is 1. The van der Waals surface area contributed by atoms with E-state index in [-0.39, 0.29) is 0 Å². The summed E-state index contributed by atoms with van der Waals surface area (Å²) < 4.78 is 0. The topological polar surface area (TPSA) is 26.0 Å². The van der Waals surface area contributed by atoms with Gasteiger partial charge in [0.15, 0.2) is 0 Å². The van der Waals surface area contributed by atoms with Crippen molar-refractivity contribution in [3.8, 4) is 0 Å². The highest BCUT2D eigenvalue weighted by Crippen LogP contribution is 2.61. The first-order valence-corrected chi connectivity index (χ1v) is 5.12. The molecule has 0 bridgehead atoms. The molecule has 1 heteroatoms. The summed E-state index contributed by atoms with van der Waals surface area (Å²) in [5, 5.41) is 0. The molecule has 1 aromatic carbocycles. The van der Waals surface area contributed by atoms with E-state index in [0.717, 1.165) is 5.69 Å². The molecular formula is C12H15N. The average Bonchev–Trinajstić information content (AvgIpc) is 2.78. The lowest BCUT2D eigenvalue weighted by Crippen LogP contribution is -1.99. The monoisotopic (exact) mass is 173 g/mol. The Balaban J connectivity index is 2.25. The summed E-state index contributed by atoms with van der Waals surface area (Å²) in [6.07, 6.45) is 4.10. The van der Waals surface area contributed by atoms with Gasteiger partial charge in [0.25, 0.3) is 0 Å². The van der Waals surface area contributed by atoms with E-state index in [0.29, 0.717) is 11.3 Å². The molecule has 0 saturated heterocycles. The number of rotatable bonds is 0. The van der Waals surface area contributed by atoms with Crippen molar-refractivity contribution >= 4 is 5.69 Å². The predicted molar refractivity (Wildman–Crippen MR) is 54.8 cm³/mol. The zero-order chi connectivity index (χ0) is 9.05. The van der Waals surface area contributed by atoms with E-state index in [4.69, 9.17) is 5.73 Å². The third kappa shape index (κ3) is 0.822. The van der Waals surface area contributed by atoms with Gasteiger partial charge in [-0.05, 0) is 47.8 Å². The van der Waals surface area contributed by atoms with E-state index < -0.39 is 0 Å². The summed E-state index contributed by atoms with van der Waals surface area (Å²) in [5.41, 5.74) is 10.6. The fourth-order valence-corrected chi connectivity index (χ4v) is 3.02. The smallest absolute Gasteiger partial charge is 0.0352 e. The van der Waals surface area contributed by atoms with Crippen LogP contribution < -0.4 is 5.73 Å². The number of hydrogen-bond donors (Lipinski definition) is 1. The Labute approximate surface area is 78.9 Å². The fraction of sp³-hybridized carbons (Fsp3) is 0.500. The zero-order valence-corrected chi connectivity index (χ0v) is 8.01. The Morgan fingerprint density at radius 2 is 2.15 bits per heavy atom. The van der Waals surface area contributed by atoms with E-state index in [1.54, 1.807) is 5.56 Å². The standard InChI is InChI=1S/C12H15N/c1-8-7-12(5-6-12)9-3-2-4-10(13)11(8)9/h2-4,8H,5-7,13H2,1H3. The lowest BCUT2D eigenvalue weighted by atomic mass is 9.98. The van der Waals surface area contributed by atoms with Crippen molar-refractivity contribution in [2.24, 2.45) is 0 Å². The van der Waals surface area contributed by atoms with Gasteiger partial charge in [-0.15, -0.1) is 0 Å². The maximum absolute atomic E-state index is 6.01. The second-order valence-corrected chi connectivity index (χ2v) is 4.69. The molecule has 0 aliphatic heterocycles. The van der Waals surface area contributed by atoms with Crippen LogP contribution in [0.5, 0.6) is 0 Å². The molecule has 1 saturated carbocycles. The predicted octanol–water partition coefficient (Wildman–Crippen LogP) is 2.81. The largest absolute Gasteiger partial charge is 0.398 e. The van der Waals surface area contributed by atoms with E-state index in [9.17, 15) is 0 Å². The van der Waals surface area contributed by atoms with Gasteiger partial charge in [-0.2, -0.15) is 0 Å². The highest BCUT2D eigenvalue weighted by atomic mass is 14.6. The Kier molecular flexibility index (Phi) is 1.19. The summed E-state index contributed by atoms with van der Waals surface area (Å²) in [5.74, 6) is 0.679. The van der Waals surface area contributed by atoms with Crippen molar-refractivity contribution < 1.29 is 0 Å². The van der Waals surface area contributed by atoms with Crippen LogP contribution in [0.2, 0.25) is 0 Å². The van der Waals surface area contributed by atoms with Gasteiger partial charge in [0.1, 0.15) is 0 Å². The van der Waals surface area contributed by atoms with E-state index in [1.807, 2.05) is 6.07 Å². The van der Waals surface area contributed by atoms with Gasteiger partial charge >= 0.3 is 0 Å². The Morgan fingerprint density at radius 1 is 1.38 bits per heavy atom. The van der Waals surface area contributed by atoms with Gasteiger partial charge in [0.05, 0.1) is 0 Å². The molecule has 1 atom stereocenters. The minimum absolute atomic E-state index is 0.560. The summed E-state index contributed by atoms with van der Waals surface area (Å²) in [7, 11) is 0. The normalized spacial score (nSPS) is 27.6.